The maximum absolute atomic E-state index is 2.51. The summed E-state index contributed by atoms with van der Waals surface area (Å²) in [6.45, 7) is 18.9. The molecule has 0 nitrogen and oxygen atoms in total. The molecule has 2 atom stereocenters. The van der Waals surface area contributed by atoms with E-state index in [0.717, 1.165) is 0 Å². The molecule has 2 aromatic rings. The monoisotopic (exact) mass is 352 g/mol. The standard InChI is InChI=1S/C24H32S/c1-9-25-15(2)18-13-17(24(6,7)8)14-20(22(18)25)19-12-16(23(3,4)5)10-11-21(19)25/h10-15H,9H2,1-8H3. The van der Waals surface area contributed by atoms with E-state index in [9.17, 15) is 0 Å². The van der Waals surface area contributed by atoms with E-state index < -0.39 is 10.0 Å². The first kappa shape index (κ1) is 17.2. The number of hydrogen-bond donors (Lipinski definition) is 0. The summed E-state index contributed by atoms with van der Waals surface area (Å²) in [4.78, 5) is 3.38. The maximum Gasteiger partial charge on any atom is 0.0199 e. The molecule has 0 spiro atoms. The van der Waals surface area contributed by atoms with Crippen LogP contribution in [0.4, 0.5) is 0 Å². The summed E-state index contributed by atoms with van der Waals surface area (Å²) >= 11 is 0. The van der Waals surface area contributed by atoms with E-state index in [2.05, 4.69) is 85.7 Å². The Bertz CT molecular complexity index is 876. The summed E-state index contributed by atoms with van der Waals surface area (Å²) in [5.74, 6) is 1.28. The Balaban J connectivity index is 2.04. The first-order valence-electron chi connectivity index (χ1n) is 9.65. The molecule has 0 aliphatic carbocycles. The van der Waals surface area contributed by atoms with Gasteiger partial charge in [-0.25, -0.2) is 0 Å². The lowest BCUT2D eigenvalue weighted by Gasteiger charge is -2.53. The van der Waals surface area contributed by atoms with Gasteiger partial charge in [0.25, 0.3) is 0 Å². The van der Waals surface area contributed by atoms with Crippen LogP contribution < -0.4 is 0 Å². The van der Waals surface area contributed by atoms with E-state index in [4.69, 9.17) is 0 Å². The zero-order chi connectivity index (χ0) is 18.4. The molecule has 4 rings (SSSR count). The van der Waals surface area contributed by atoms with Crippen LogP contribution in [-0.2, 0) is 10.8 Å². The summed E-state index contributed by atoms with van der Waals surface area (Å²) in [7, 11) is -0.801. The Kier molecular flexibility index (Phi) is 3.40. The minimum absolute atomic E-state index is 0.201. The first-order chi connectivity index (χ1) is 11.5. The fourth-order valence-electron chi connectivity index (χ4n) is 4.70. The zero-order valence-electron chi connectivity index (χ0n) is 17.1. The Labute approximate surface area is 155 Å². The molecule has 2 unspecified atom stereocenters. The van der Waals surface area contributed by atoms with E-state index in [0.29, 0.717) is 5.25 Å². The van der Waals surface area contributed by atoms with Gasteiger partial charge in [0.1, 0.15) is 0 Å². The third-order valence-corrected chi connectivity index (χ3v) is 11.1. The fraction of sp³-hybridized carbons (Fsp3) is 0.500. The second-order valence-electron chi connectivity index (χ2n) is 9.88. The van der Waals surface area contributed by atoms with E-state index in [-0.39, 0.29) is 10.8 Å². The molecule has 0 bridgehead atoms. The van der Waals surface area contributed by atoms with Gasteiger partial charge < -0.3 is 0 Å². The lowest BCUT2D eigenvalue weighted by Crippen LogP contribution is -2.23. The summed E-state index contributed by atoms with van der Waals surface area (Å²) < 4.78 is 0. The van der Waals surface area contributed by atoms with Gasteiger partial charge >= 0.3 is 0 Å². The molecule has 0 saturated heterocycles. The summed E-state index contributed by atoms with van der Waals surface area (Å²) in [5, 5.41) is 0.704. The summed E-state index contributed by atoms with van der Waals surface area (Å²) in [5.41, 5.74) is 8.08. The maximum atomic E-state index is 2.51. The van der Waals surface area contributed by atoms with E-state index >= 15 is 0 Å². The van der Waals surface area contributed by atoms with Gasteiger partial charge in [0.2, 0.25) is 0 Å². The molecule has 0 amide bonds. The van der Waals surface area contributed by atoms with Crippen molar-refractivity contribution in [3.63, 3.8) is 0 Å². The van der Waals surface area contributed by atoms with Crippen molar-refractivity contribution in [1.29, 1.82) is 0 Å². The summed E-state index contributed by atoms with van der Waals surface area (Å²) in [6, 6.07) is 12.4. The molecule has 0 saturated carbocycles. The van der Waals surface area contributed by atoms with Gasteiger partial charge in [-0.1, -0.05) is 60.6 Å². The molecular weight excluding hydrogens is 320 g/mol. The Hall–Kier alpha value is -1.21. The minimum Gasteiger partial charge on any atom is -0.180 e. The molecule has 1 heteroatoms. The normalized spacial score (nSPS) is 26.5. The Morgan fingerprint density at radius 2 is 1.44 bits per heavy atom. The third kappa shape index (κ3) is 2.08. The zero-order valence-corrected chi connectivity index (χ0v) is 17.9. The minimum atomic E-state index is -0.801. The molecule has 0 N–H and O–H groups in total. The van der Waals surface area contributed by atoms with E-state index in [1.165, 1.54) is 22.4 Å². The van der Waals surface area contributed by atoms with Crippen LogP contribution in [0.25, 0.3) is 11.1 Å². The topological polar surface area (TPSA) is 0 Å². The lowest BCUT2D eigenvalue weighted by molar-refractivity contribution is 0.587. The van der Waals surface area contributed by atoms with Crippen LogP contribution in [0, 0.1) is 0 Å². The summed E-state index contributed by atoms with van der Waals surface area (Å²) in [6.07, 6.45) is 0. The molecule has 2 aliphatic rings. The molecule has 2 aliphatic heterocycles. The van der Waals surface area contributed by atoms with Gasteiger partial charge in [-0.3, -0.25) is 0 Å². The van der Waals surface area contributed by atoms with Crippen molar-refractivity contribution in [3.8, 4) is 11.1 Å². The van der Waals surface area contributed by atoms with Crippen molar-refractivity contribution >= 4 is 10.0 Å². The highest BCUT2D eigenvalue weighted by Crippen LogP contribution is 2.86. The first-order valence-corrected chi connectivity index (χ1v) is 11.5. The van der Waals surface area contributed by atoms with Crippen LogP contribution in [-0.4, -0.2) is 5.75 Å². The van der Waals surface area contributed by atoms with Crippen molar-refractivity contribution in [2.75, 3.05) is 5.75 Å². The van der Waals surface area contributed by atoms with Crippen LogP contribution in [0.2, 0.25) is 0 Å². The number of rotatable bonds is 1. The Morgan fingerprint density at radius 1 is 0.840 bits per heavy atom. The van der Waals surface area contributed by atoms with Crippen molar-refractivity contribution in [3.05, 3.63) is 47.0 Å². The highest BCUT2D eigenvalue weighted by atomic mass is 32.3. The quantitative estimate of drug-likeness (QED) is 0.496. The van der Waals surface area contributed by atoms with Crippen LogP contribution in [0.5, 0.6) is 0 Å². The molecule has 25 heavy (non-hydrogen) atoms. The van der Waals surface area contributed by atoms with Crippen molar-refractivity contribution in [1.82, 2.24) is 0 Å². The SMILES string of the molecule is CCS12c3ccc(C(C)(C)C)cc3-c3cc(C(C)(C)C)cc(c31)C2C. The van der Waals surface area contributed by atoms with Crippen LogP contribution in [0.1, 0.15) is 77.3 Å². The average Bonchev–Trinajstić information content (AvgIpc) is 2.80. The van der Waals surface area contributed by atoms with E-state index in [1.54, 1.807) is 20.9 Å². The van der Waals surface area contributed by atoms with Gasteiger partial charge in [0, 0.05) is 15.0 Å². The van der Waals surface area contributed by atoms with E-state index in [1.807, 2.05) is 0 Å². The van der Waals surface area contributed by atoms with Gasteiger partial charge in [0.15, 0.2) is 0 Å². The highest BCUT2D eigenvalue weighted by Gasteiger charge is 2.52. The van der Waals surface area contributed by atoms with Crippen LogP contribution in [0.15, 0.2) is 40.1 Å². The number of benzene rings is 2. The van der Waals surface area contributed by atoms with Gasteiger partial charge in [-0.2, -0.15) is 10.0 Å². The van der Waals surface area contributed by atoms with Crippen molar-refractivity contribution in [2.45, 2.75) is 81.3 Å². The second-order valence-corrected chi connectivity index (χ2v) is 13.6. The third-order valence-electron chi connectivity index (χ3n) is 6.37. The van der Waals surface area contributed by atoms with Gasteiger partial charge in [-0.05, 0) is 69.5 Å². The second kappa shape index (κ2) is 4.94. The number of hydrogen-bond acceptors (Lipinski definition) is 0. The smallest absolute Gasteiger partial charge is 0.0199 e. The average molecular weight is 353 g/mol. The molecule has 2 heterocycles. The predicted molar refractivity (Wildman–Crippen MR) is 112 cm³/mol. The fourth-order valence-corrected chi connectivity index (χ4v) is 9.28. The van der Waals surface area contributed by atoms with Gasteiger partial charge in [0.05, 0.1) is 0 Å². The number of fused-ring (bicyclic) bond motifs is 3. The lowest BCUT2D eigenvalue weighted by atomic mass is 9.82. The highest BCUT2D eigenvalue weighted by molar-refractivity contribution is 8.35. The Morgan fingerprint density at radius 3 is 2.00 bits per heavy atom. The molecule has 2 aromatic carbocycles. The van der Waals surface area contributed by atoms with Crippen LogP contribution >= 0.6 is 10.0 Å². The van der Waals surface area contributed by atoms with Crippen LogP contribution in [0.3, 0.4) is 0 Å². The molecule has 0 aromatic heterocycles. The van der Waals surface area contributed by atoms with Crippen molar-refractivity contribution in [2.24, 2.45) is 0 Å². The molecule has 0 radical (unpaired) electrons. The van der Waals surface area contributed by atoms with Crippen molar-refractivity contribution < 1.29 is 0 Å². The molecular formula is C24H32S. The predicted octanol–water partition coefficient (Wildman–Crippen LogP) is 7.58. The molecule has 0 fully saturated rings. The largest absolute Gasteiger partial charge is 0.180 e. The molecule has 134 valence electrons. The van der Waals surface area contributed by atoms with Gasteiger partial charge in [-0.15, -0.1) is 0 Å².